The van der Waals surface area contributed by atoms with Crippen LogP contribution in [0.3, 0.4) is 0 Å². The SMILES string of the molecule is CC(C)Cc1nc2cc3c(cc2n1C(C)C(=O)O)OCCO3. The molecule has 22 heavy (non-hydrogen) atoms. The molecule has 0 fully saturated rings. The van der Waals surface area contributed by atoms with E-state index in [1.807, 2.05) is 12.1 Å². The van der Waals surface area contributed by atoms with E-state index in [1.54, 1.807) is 11.5 Å². The molecule has 0 radical (unpaired) electrons. The number of rotatable bonds is 4. The lowest BCUT2D eigenvalue weighted by atomic mass is 10.1. The number of hydrogen-bond donors (Lipinski definition) is 1. The average molecular weight is 304 g/mol. The van der Waals surface area contributed by atoms with Gasteiger partial charge in [-0.05, 0) is 12.8 Å². The molecule has 0 aliphatic carbocycles. The zero-order chi connectivity index (χ0) is 15.9. The number of aromatic nitrogens is 2. The van der Waals surface area contributed by atoms with Crippen molar-refractivity contribution in [1.82, 2.24) is 9.55 Å². The van der Waals surface area contributed by atoms with Gasteiger partial charge in [-0.2, -0.15) is 0 Å². The Labute approximate surface area is 128 Å². The van der Waals surface area contributed by atoms with E-state index in [1.165, 1.54) is 0 Å². The van der Waals surface area contributed by atoms with Gasteiger partial charge in [0.15, 0.2) is 11.5 Å². The minimum Gasteiger partial charge on any atom is -0.486 e. The largest absolute Gasteiger partial charge is 0.486 e. The van der Waals surface area contributed by atoms with E-state index in [0.717, 1.165) is 23.3 Å². The molecule has 0 spiro atoms. The fourth-order valence-corrected chi connectivity index (χ4v) is 2.73. The third-order valence-corrected chi connectivity index (χ3v) is 3.76. The lowest BCUT2D eigenvalue weighted by Crippen LogP contribution is -2.19. The number of ether oxygens (including phenoxy) is 2. The molecule has 6 nitrogen and oxygen atoms in total. The molecule has 1 aliphatic heterocycles. The van der Waals surface area contributed by atoms with Crippen molar-refractivity contribution in [3.8, 4) is 11.5 Å². The minimum absolute atomic E-state index is 0.388. The van der Waals surface area contributed by atoms with Crippen LogP contribution in [0.4, 0.5) is 0 Å². The number of imidazole rings is 1. The van der Waals surface area contributed by atoms with Crippen molar-refractivity contribution >= 4 is 17.0 Å². The highest BCUT2D eigenvalue weighted by Crippen LogP contribution is 2.36. The van der Waals surface area contributed by atoms with Gasteiger partial charge in [0.2, 0.25) is 0 Å². The zero-order valence-electron chi connectivity index (χ0n) is 13.0. The summed E-state index contributed by atoms with van der Waals surface area (Å²) in [6.45, 7) is 6.87. The lowest BCUT2D eigenvalue weighted by molar-refractivity contribution is -0.140. The third kappa shape index (κ3) is 2.49. The van der Waals surface area contributed by atoms with E-state index in [2.05, 4.69) is 18.8 Å². The third-order valence-electron chi connectivity index (χ3n) is 3.76. The molecule has 0 bridgehead atoms. The first-order chi connectivity index (χ1) is 10.5. The van der Waals surface area contributed by atoms with Gasteiger partial charge in [0.1, 0.15) is 25.1 Å². The van der Waals surface area contributed by atoms with Crippen LogP contribution >= 0.6 is 0 Å². The summed E-state index contributed by atoms with van der Waals surface area (Å²) >= 11 is 0. The molecule has 0 saturated heterocycles. The smallest absolute Gasteiger partial charge is 0.326 e. The molecule has 2 heterocycles. The Bertz CT molecular complexity index is 720. The molecule has 1 unspecified atom stereocenters. The van der Waals surface area contributed by atoms with Crippen LogP contribution in [0.25, 0.3) is 11.0 Å². The van der Waals surface area contributed by atoms with Crippen molar-refractivity contribution in [2.24, 2.45) is 5.92 Å². The van der Waals surface area contributed by atoms with Crippen molar-refractivity contribution in [2.75, 3.05) is 13.2 Å². The molecule has 1 atom stereocenters. The van der Waals surface area contributed by atoms with Gasteiger partial charge >= 0.3 is 5.97 Å². The van der Waals surface area contributed by atoms with Crippen molar-refractivity contribution in [1.29, 1.82) is 0 Å². The highest BCUT2D eigenvalue weighted by Gasteiger charge is 2.24. The minimum atomic E-state index is -0.876. The number of aliphatic carboxylic acids is 1. The topological polar surface area (TPSA) is 73.6 Å². The molecule has 6 heteroatoms. The first-order valence-corrected chi connectivity index (χ1v) is 7.50. The first kappa shape index (κ1) is 14.7. The van der Waals surface area contributed by atoms with E-state index < -0.39 is 12.0 Å². The zero-order valence-corrected chi connectivity index (χ0v) is 13.0. The molecule has 118 valence electrons. The summed E-state index contributed by atoms with van der Waals surface area (Å²) in [4.78, 5) is 16.1. The molecule has 3 rings (SSSR count). The summed E-state index contributed by atoms with van der Waals surface area (Å²) in [7, 11) is 0. The summed E-state index contributed by atoms with van der Waals surface area (Å²) in [6.07, 6.45) is 0.721. The second-order valence-corrected chi connectivity index (χ2v) is 5.99. The number of carboxylic acids is 1. The Kier molecular flexibility index (Phi) is 3.68. The number of carboxylic acid groups (broad SMARTS) is 1. The molecule has 1 aromatic heterocycles. The number of hydrogen-bond acceptors (Lipinski definition) is 4. The maximum absolute atomic E-state index is 11.5. The van der Waals surface area contributed by atoms with Crippen molar-refractivity contribution in [3.63, 3.8) is 0 Å². The maximum atomic E-state index is 11.5. The standard InChI is InChI=1S/C16H20N2O4/c1-9(2)6-15-17-11-7-13-14(22-5-4-21-13)8-12(11)18(15)10(3)16(19)20/h7-10H,4-6H2,1-3H3,(H,19,20). The van der Waals surface area contributed by atoms with Crippen LogP contribution in [-0.2, 0) is 11.2 Å². The van der Waals surface area contributed by atoms with Crippen LogP contribution in [0.2, 0.25) is 0 Å². The van der Waals surface area contributed by atoms with Gasteiger partial charge in [0.05, 0.1) is 11.0 Å². The molecular weight excluding hydrogens is 284 g/mol. The van der Waals surface area contributed by atoms with Gasteiger partial charge < -0.3 is 19.1 Å². The second kappa shape index (κ2) is 5.51. The molecule has 1 aromatic carbocycles. The molecular formula is C16H20N2O4. The summed E-state index contributed by atoms with van der Waals surface area (Å²) < 4.78 is 13.0. The van der Waals surface area contributed by atoms with Gasteiger partial charge in [0, 0.05) is 18.6 Å². The van der Waals surface area contributed by atoms with Crippen LogP contribution in [-0.4, -0.2) is 33.8 Å². The lowest BCUT2D eigenvalue weighted by Gasteiger charge is -2.19. The summed E-state index contributed by atoms with van der Waals surface area (Å²) in [5.74, 6) is 1.61. The molecule has 1 aliphatic rings. The summed E-state index contributed by atoms with van der Waals surface area (Å²) in [5.41, 5.74) is 1.52. The van der Waals surface area contributed by atoms with E-state index in [0.29, 0.717) is 30.6 Å². The predicted octanol–water partition coefficient (Wildman–Crippen LogP) is 2.65. The van der Waals surface area contributed by atoms with Gasteiger partial charge in [-0.15, -0.1) is 0 Å². The Morgan fingerprint density at radius 3 is 2.50 bits per heavy atom. The maximum Gasteiger partial charge on any atom is 0.326 e. The number of benzene rings is 1. The first-order valence-electron chi connectivity index (χ1n) is 7.50. The van der Waals surface area contributed by atoms with Crippen LogP contribution in [0.15, 0.2) is 12.1 Å². The van der Waals surface area contributed by atoms with Crippen molar-refractivity contribution in [3.05, 3.63) is 18.0 Å². The van der Waals surface area contributed by atoms with Crippen LogP contribution in [0, 0.1) is 5.92 Å². The normalized spacial score (nSPS) is 15.3. The van der Waals surface area contributed by atoms with Gasteiger partial charge in [0.25, 0.3) is 0 Å². The molecule has 2 aromatic rings. The number of carbonyl (C=O) groups is 1. The van der Waals surface area contributed by atoms with E-state index in [-0.39, 0.29) is 0 Å². The van der Waals surface area contributed by atoms with Gasteiger partial charge in [-0.25, -0.2) is 9.78 Å². The van der Waals surface area contributed by atoms with Crippen molar-refractivity contribution in [2.45, 2.75) is 33.2 Å². The van der Waals surface area contributed by atoms with Crippen LogP contribution in [0.5, 0.6) is 11.5 Å². The molecule has 1 N–H and O–H groups in total. The molecule has 0 saturated carbocycles. The van der Waals surface area contributed by atoms with Crippen LogP contribution in [0.1, 0.15) is 32.6 Å². The number of fused-ring (bicyclic) bond motifs is 2. The second-order valence-electron chi connectivity index (χ2n) is 5.99. The Morgan fingerprint density at radius 1 is 1.27 bits per heavy atom. The van der Waals surface area contributed by atoms with Gasteiger partial charge in [-0.3, -0.25) is 0 Å². The Morgan fingerprint density at radius 2 is 1.91 bits per heavy atom. The quantitative estimate of drug-likeness (QED) is 0.940. The highest BCUT2D eigenvalue weighted by molar-refractivity contribution is 5.83. The average Bonchev–Trinajstić information content (AvgIpc) is 2.79. The van der Waals surface area contributed by atoms with Crippen LogP contribution < -0.4 is 9.47 Å². The van der Waals surface area contributed by atoms with E-state index >= 15 is 0 Å². The Balaban J connectivity index is 2.20. The monoisotopic (exact) mass is 304 g/mol. The van der Waals surface area contributed by atoms with E-state index in [4.69, 9.17) is 9.47 Å². The van der Waals surface area contributed by atoms with E-state index in [9.17, 15) is 9.90 Å². The predicted molar refractivity (Wildman–Crippen MR) is 81.6 cm³/mol. The fourth-order valence-electron chi connectivity index (χ4n) is 2.73. The Hall–Kier alpha value is -2.24. The summed E-state index contributed by atoms with van der Waals surface area (Å²) in [5, 5.41) is 9.41. The number of nitrogens with zero attached hydrogens (tertiary/aromatic N) is 2. The molecule has 0 amide bonds. The van der Waals surface area contributed by atoms with Gasteiger partial charge in [-0.1, -0.05) is 13.8 Å². The van der Waals surface area contributed by atoms with Crippen molar-refractivity contribution < 1.29 is 19.4 Å². The summed E-state index contributed by atoms with van der Waals surface area (Å²) in [6, 6.07) is 2.99. The highest BCUT2D eigenvalue weighted by atomic mass is 16.6. The fraction of sp³-hybridized carbons (Fsp3) is 0.500.